The molecule has 0 aliphatic heterocycles. The predicted octanol–water partition coefficient (Wildman–Crippen LogP) is 0.337. The number of hydrogen-bond donors (Lipinski definition) is 0. The molecular formula is C9H9N3O2. The van der Waals surface area contributed by atoms with E-state index in [4.69, 9.17) is 4.74 Å². The monoisotopic (exact) mass is 191 g/mol. The van der Waals surface area contributed by atoms with Gasteiger partial charge in [-0.2, -0.15) is 0 Å². The zero-order valence-electron chi connectivity index (χ0n) is 7.89. The first kappa shape index (κ1) is 8.68. The summed E-state index contributed by atoms with van der Waals surface area (Å²) in [4.78, 5) is 11.6. The quantitative estimate of drug-likeness (QED) is 0.652. The van der Waals surface area contributed by atoms with Crippen LogP contribution in [0.5, 0.6) is 5.75 Å². The minimum absolute atomic E-state index is 0.172. The van der Waals surface area contributed by atoms with Crippen molar-refractivity contribution in [2.24, 2.45) is 7.05 Å². The van der Waals surface area contributed by atoms with Crippen LogP contribution < -0.4 is 10.3 Å². The van der Waals surface area contributed by atoms with Gasteiger partial charge < -0.3 is 4.74 Å². The van der Waals surface area contributed by atoms with Gasteiger partial charge in [0, 0.05) is 7.05 Å². The number of hydrogen-bond acceptors (Lipinski definition) is 4. The van der Waals surface area contributed by atoms with Crippen LogP contribution in [0.1, 0.15) is 0 Å². The van der Waals surface area contributed by atoms with E-state index in [0.717, 1.165) is 0 Å². The second kappa shape index (κ2) is 3.10. The Morgan fingerprint density at radius 2 is 2.21 bits per heavy atom. The van der Waals surface area contributed by atoms with E-state index in [2.05, 4.69) is 10.3 Å². The van der Waals surface area contributed by atoms with E-state index >= 15 is 0 Å². The summed E-state index contributed by atoms with van der Waals surface area (Å²) >= 11 is 0. The average molecular weight is 191 g/mol. The van der Waals surface area contributed by atoms with E-state index in [9.17, 15) is 4.79 Å². The summed E-state index contributed by atoms with van der Waals surface area (Å²) in [5.74, 6) is 0.641. The molecule has 1 aromatic heterocycles. The van der Waals surface area contributed by atoms with E-state index in [0.29, 0.717) is 16.7 Å². The van der Waals surface area contributed by atoms with Crippen molar-refractivity contribution < 1.29 is 4.74 Å². The van der Waals surface area contributed by atoms with Gasteiger partial charge >= 0.3 is 0 Å². The highest BCUT2D eigenvalue weighted by Crippen LogP contribution is 2.14. The summed E-state index contributed by atoms with van der Waals surface area (Å²) in [6, 6.07) is 5.12. The predicted molar refractivity (Wildman–Crippen MR) is 51.3 cm³/mol. The van der Waals surface area contributed by atoms with Gasteiger partial charge in [0.2, 0.25) is 0 Å². The number of fused-ring (bicyclic) bond motifs is 1. The Kier molecular flexibility index (Phi) is 1.92. The molecule has 14 heavy (non-hydrogen) atoms. The molecule has 0 radical (unpaired) electrons. The number of aryl methyl sites for hydroxylation is 1. The van der Waals surface area contributed by atoms with Gasteiger partial charge in [-0.1, -0.05) is 5.21 Å². The summed E-state index contributed by atoms with van der Waals surface area (Å²) in [5, 5.41) is 8.07. The third kappa shape index (κ3) is 1.22. The Bertz CT molecular complexity index is 533. The summed E-state index contributed by atoms with van der Waals surface area (Å²) in [5.41, 5.74) is 0.405. The molecule has 0 amide bonds. The van der Waals surface area contributed by atoms with Crippen molar-refractivity contribution in [3.63, 3.8) is 0 Å². The summed E-state index contributed by atoms with van der Waals surface area (Å²) in [6.45, 7) is 0. The van der Waals surface area contributed by atoms with Crippen LogP contribution in [0, 0.1) is 0 Å². The van der Waals surface area contributed by atoms with Gasteiger partial charge in [0.15, 0.2) is 0 Å². The molecule has 1 aromatic carbocycles. The lowest BCUT2D eigenvalue weighted by atomic mass is 10.2. The van der Waals surface area contributed by atoms with E-state index in [1.165, 1.54) is 4.68 Å². The van der Waals surface area contributed by atoms with Crippen LogP contribution in [0.15, 0.2) is 23.0 Å². The van der Waals surface area contributed by atoms with Gasteiger partial charge in [0.25, 0.3) is 5.56 Å². The first-order chi connectivity index (χ1) is 6.72. The summed E-state index contributed by atoms with van der Waals surface area (Å²) in [6.07, 6.45) is 0. The number of nitrogens with zero attached hydrogens (tertiary/aromatic N) is 3. The molecule has 5 nitrogen and oxygen atoms in total. The van der Waals surface area contributed by atoms with Crippen molar-refractivity contribution >= 4 is 10.9 Å². The second-order valence-electron chi connectivity index (χ2n) is 2.90. The number of methoxy groups -OCH3 is 1. The maximum atomic E-state index is 11.6. The molecule has 0 atom stereocenters. The van der Waals surface area contributed by atoms with Gasteiger partial charge in [0.05, 0.1) is 12.5 Å². The summed E-state index contributed by atoms with van der Waals surface area (Å²) in [7, 11) is 3.12. The number of benzene rings is 1. The lowest BCUT2D eigenvalue weighted by Crippen LogP contribution is -2.20. The fourth-order valence-electron chi connectivity index (χ4n) is 1.23. The Hall–Kier alpha value is -1.91. The van der Waals surface area contributed by atoms with Crippen molar-refractivity contribution in [3.05, 3.63) is 28.6 Å². The van der Waals surface area contributed by atoms with Crippen molar-refractivity contribution in [2.45, 2.75) is 0 Å². The zero-order valence-corrected chi connectivity index (χ0v) is 7.89. The van der Waals surface area contributed by atoms with Crippen molar-refractivity contribution in [3.8, 4) is 5.75 Å². The van der Waals surface area contributed by atoms with Crippen LogP contribution in [0.4, 0.5) is 0 Å². The molecule has 2 rings (SSSR count). The van der Waals surface area contributed by atoms with Crippen LogP contribution in [-0.2, 0) is 7.05 Å². The topological polar surface area (TPSA) is 57.0 Å². The normalized spacial score (nSPS) is 10.4. The second-order valence-corrected chi connectivity index (χ2v) is 2.90. The van der Waals surface area contributed by atoms with Crippen molar-refractivity contribution in [2.75, 3.05) is 7.11 Å². The van der Waals surface area contributed by atoms with Crippen LogP contribution in [0.2, 0.25) is 0 Å². The lowest BCUT2D eigenvalue weighted by Gasteiger charge is -2.01. The molecule has 0 spiro atoms. The molecule has 1 heterocycles. The maximum absolute atomic E-state index is 11.6. The highest BCUT2D eigenvalue weighted by Gasteiger charge is 2.03. The Morgan fingerprint density at radius 1 is 1.43 bits per heavy atom. The SMILES string of the molecule is COc1ccc2nnn(C)c(=O)c2c1. The standard InChI is InChI=1S/C9H9N3O2/c1-12-9(13)7-5-6(14-2)3-4-8(7)10-11-12/h3-5H,1-2H3. The first-order valence-electron chi connectivity index (χ1n) is 4.10. The molecule has 0 fully saturated rings. The Balaban J connectivity index is 2.85. The number of aromatic nitrogens is 3. The molecular weight excluding hydrogens is 182 g/mol. The molecule has 5 heteroatoms. The van der Waals surface area contributed by atoms with Crippen LogP contribution in [0.25, 0.3) is 10.9 Å². The maximum Gasteiger partial charge on any atom is 0.277 e. The van der Waals surface area contributed by atoms with Gasteiger partial charge in [-0.3, -0.25) is 4.79 Å². The molecule has 0 unspecified atom stereocenters. The molecule has 0 saturated heterocycles. The molecule has 0 aliphatic rings. The number of ether oxygens (including phenoxy) is 1. The molecule has 0 aliphatic carbocycles. The third-order valence-corrected chi connectivity index (χ3v) is 2.01. The van der Waals surface area contributed by atoms with Gasteiger partial charge in [0.1, 0.15) is 11.3 Å². The fourth-order valence-corrected chi connectivity index (χ4v) is 1.23. The van der Waals surface area contributed by atoms with Gasteiger partial charge in [-0.25, -0.2) is 4.68 Å². The number of rotatable bonds is 1. The van der Waals surface area contributed by atoms with Crippen LogP contribution in [0.3, 0.4) is 0 Å². The van der Waals surface area contributed by atoms with Crippen molar-refractivity contribution in [1.29, 1.82) is 0 Å². The van der Waals surface area contributed by atoms with E-state index in [1.54, 1.807) is 32.4 Å². The van der Waals surface area contributed by atoms with E-state index < -0.39 is 0 Å². The lowest BCUT2D eigenvalue weighted by molar-refractivity contribution is 0.415. The Morgan fingerprint density at radius 3 is 2.93 bits per heavy atom. The Labute approximate surface area is 79.9 Å². The summed E-state index contributed by atoms with van der Waals surface area (Å²) < 4.78 is 6.22. The smallest absolute Gasteiger partial charge is 0.277 e. The van der Waals surface area contributed by atoms with E-state index in [1.807, 2.05) is 0 Å². The molecule has 2 aromatic rings. The molecule has 72 valence electrons. The molecule has 0 N–H and O–H groups in total. The van der Waals surface area contributed by atoms with Crippen LogP contribution >= 0.6 is 0 Å². The fraction of sp³-hybridized carbons (Fsp3) is 0.222. The van der Waals surface area contributed by atoms with E-state index in [-0.39, 0.29) is 5.56 Å². The van der Waals surface area contributed by atoms with Crippen molar-refractivity contribution in [1.82, 2.24) is 15.0 Å². The first-order valence-corrected chi connectivity index (χ1v) is 4.10. The molecule has 0 bridgehead atoms. The minimum Gasteiger partial charge on any atom is -0.497 e. The largest absolute Gasteiger partial charge is 0.497 e. The van der Waals surface area contributed by atoms with Gasteiger partial charge in [-0.15, -0.1) is 5.10 Å². The molecule has 0 saturated carbocycles. The third-order valence-electron chi connectivity index (χ3n) is 2.01. The zero-order chi connectivity index (χ0) is 10.1. The minimum atomic E-state index is -0.172. The highest BCUT2D eigenvalue weighted by molar-refractivity contribution is 5.78. The van der Waals surface area contributed by atoms with Gasteiger partial charge in [-0.05, 0) is 18.2 Å². The highest BCUT2D eigenvalue weighted by atomic mass is 16.5. The average Bonchev–Trinajstić information content (AvgIpc) is 2.23. The van der Waals surface area contributed by atoms with Crippen LogP contribution in [-0.4, -0.2) is 22.1 Å².